The quantitative estimate of drug-likeness (QED) is 0.430. The second-order valence-electron chi connectivity index (χ2n) is 4.76. The molecule has 1 saturated heterocycles. The van der Waals surface area contributed by atoms with Crippen molar-refractivity contribution in [1.29, 1.82) is 0 Å². The zero-order valence-corrected chi connectivity index (χ0v) is 15.9. The van der Waals surface area contributed by atoms with Crippen LogP contribution in [-0.4, -0.2) is 30.6 Å². The Morgan fingerprint density at radius 1 is 1.35 bits per heavy atom. The van der Waals surface area contributed by atoms with E-state index in [2.05, 4.69) is 51.1 Å². The summed E-state index contributed by atoms with van der Waals surface area (Å²) in [6, 6.07) is 2.14. The maximum Gasteiger partial charge on any atom is 0.191 e. The third kappa shape index (κ3) is 6.67. The second kappa shape index (κ2) is 10.7. The molecule has 0 atom stereocenters. The molecule has 1 aliphatic heterocycles. The zero-order valence-electron chi connectivity index (χ0n) is 11.9. The van der Waals surface area contributed by atoms with Gasteiger partial charge in [-0.3, -0.25) is 0 Å². The largest absolute Gasteiger partial charge is 0.357 e. The van der Waals surface area contributed by atoms with Crippen LogP contribution in [0, 0.1) is 5.92 Å². The highest BCUT2D eigenvalue weighted by molar-refractivity contribution is 14.0. The van der Waals surface area contributed by atoms with Crippen molar-refractivity contribution in [3.63, 3.8) is 0 Å². The van der Waals surface area contributed by atoms with E-state index >= 15 is 0 Å². The Hall–Kier alpha value is 0.0500. The lowest BCUT2D eigenvalue weighted by Gasteiger charge is -2.22. The number of hydrogen-bond acceptors (Lipinski definition) is 3. The van der Waals surface area contributed by atoms with Gasteiger partial charge in [0.05, 0.1) is 6.54 Å². The Morgan fingerprint density at radius 2 is 2.15 bits per heavy atom. The van der Waals surface area contributed by atoms with Crippen LogP contribution >= 0.6 is 47.1 Å². The average Bonchev–Trinajstić information content (AvgIpc) is 2.96. The summed E-state index contributed by atoms with van der Waals surface area (Å²) in [7, 11) is 0. The predicted octanol–water partition coefficient (Wildman–Crippen LogP) is 3.56. The number of thioether (sulfide) groups is 1. The molecule has 0 aliphatic carbocycles. The van der Waals surface area contributed by atoms with Crippen LogP contribution in [0.4, 0.5) is 0 Å². The van der Waals surface area contributed by atoms with Gasteiger partial charge in [-0.15, -0.1) is 24.0 Å². The van der Waals surface area contributed by atoms with Crippen molar-refractivity contribution in [3.8, 4) is 0 Å². The highest BCUT2D eigenvalue weighted by atomic mass is 127. The summed E-state index contributed by atoms with van der Waals surface area (Å²) in [5.41, 5.74) is 1.29. The van der Waals surface area contributed by atoms with Crippen molar-refractivity contribution in [2.45, 2.75) is 26.3 Å². The van der Waals surface area contributed by atoms with E-state index in [-0.39, 0.29) is 24.0 Å². The fourth-order valence-electron chi connectivity index (χ4n) is 2.09. The van der Waals surface area contributed by atoms with Crippen molar-refractivity contribution in [3.05, 3.63) is 22.4 Å². The van der Waals surface area contributed by atoms with Crippen molar-refractivity contribution in [2.24, 2.45) is 10.9 Å². The van der Waals surface area contributed by atoms with Gasteiger partial charge in [-0.1, -0.05) is 0 Å². The molecule has 0 bridgehead atoms. The summed E-state index contributed by atoms with van der Waals surface area (Å²) >= 11 is 3.81. The van der Waals surface area contributed by atoms with Crippen LogP contribution in [-0.2, 0) is 6.54 Å². The summed E-state index contributed by atoms with van der Waals surface area (Å²) in [4.78, 5) is 4.64. The number of thiophene rings is 1. The molecule has 20 heavy (non-hydrogen) atoms. The Morgan fingerprint density at radius 3 is 2.80 bits per heavy atom. The minimum atomic E-state index is 0. The van der Waals surface area contributed by atoms with Gasteiger partial charge in [0.1, 0.15) is 0 Å². The van der Waals surface area contributed by atoms with Crippen LogP contribution in [0.3, 0.4) is 0 Å². The van der Waals surface area contributed by atoms with E-state index in [1.165, 1.54) is 29.9 Å². The molecule has 1 aromatic rings. The molecular weight excluding hydrogens is 401 g/mol. The third-order valence-electron chi connectivity index (χ3n) is 3.24. The van der Waals surface area contributed by atoms with E-state index in [0.717, 1.165) is 31.5 Å². The minimum absolute atomic E-state index is 0. The first kappa shape index (κ1) is 18.1. The normalized spacial score (nSPS) is 16.6. The number of hydrogen-bond donors (Lipinski definition) is 2. The predicted molar refractivity (Wildman–Crippen MR) is 103 cm³/mol. The molecule has 114 valence electrons. The standard InChI is InChI=1S/C14H23N3S2.HI/c1-2-15-14(17-10-13-5-8-19-11-13)16-9-12-3-6-18-7-4-12;/h5,8,11-12H,2-4,6-7,9-10H2,1H3,(H2,15,16,17);1H. The summed E-state index contributed by atoms with van der Waals surface area (Å²) in [6.07, 6.45) is 2.67. The lowest BCUT2D eigenvalue weighted by Crippen LogP contribution is -2.40. The molecule has 3 nitrogen and oxygen atoms in total. The van der Waals surface area contributed by atoms with Gasteiger partial charge in [0.15, 0.2) is 5.96 Å². The van der Waals surface area contributed by atoms with E-state index < -0.39 is 0 Å². The van der Waals surface area contributed by atoms with Gasteiger partial charge < -0.3 is 10.6 Å². The molecule has 0 aromatic carbocycles. The first-order valence-corrected chi connectivity index (χ1v) is 9.09. The number of aliphatic imine (C=N–C) groups is 1. The van der Waals surface area contributed by atoms with Gasteiger partial charge in [-0.25, -0.2) is 4.99 Å². The number of rotatable bonds is 5. The highest BCUT2D eigenvalue weighted by Crippen LogP contribution is 2.21. The second-order valence-corrected chi connectivity index (χ2v) is 6.77. The van der Waals surface area contributed by atoms with Crippen molar-refractivity contribution >= 4 is 53.0 Å². The molecule has 6 heteroatoms. The van der Waals surface area contributed by atoms with Gasteiger partial charge in [0.25, 0.3) is 0 Å². The fraction of sp³-hybridized carbons (Fsp3) is 0.643. The Labute approximate surface area is 147 Å². The number of halogens is 1. The molecule has 1 aliphatic rings. The molecule has 1 fully saturated rings. The van der Waals surface area contributed by atoms with Crippen LogP contribution in [0.2, 0.25) is 0 Å². The van der Waals surface area contributed by atoms with E-state index in [1.54, 1.807) is 11.3 Å². The summed E-state index contributed by atoms with van der Waals surface area (Å²) in [5, 5.41) is 11.1. The summed E-state index contributed by atoms with van der Waals surface area (Å²) < 4.78 is 0. The molecule has 2 heterocycles. The molecule has 0 amide bonds. The number of guanidine groups is 1. The third-order valence-corrected chi connectivity index (χ3v) is 5.02. The lowest BCUT2D eigenvalue weighted by atomic mass is 10.0. The van der Waals surface area contributed by atoms with Crippen LogP contribution < -0.4 is 10.6 Å². The molecule has 1 aromatic heterocycles. The molecule has 0 saturated carbocycles. The highest BCUT2D eigenvalue weighted by Gasteiger charge is 2.13. The van der Waals surface area contributed by atoms with Crippen LogP contribution in [0.5, 0.6) is 0 Å². The maximum atomic E-state index is 4.64. The monoisotopic (exact) mass is 425 g/mol. The van der Waals surface area contributed by atoms with E-state index in [0.29, 0.717) is 0 Å². The Balaban J connectivity index is 0.00000200. The Kier molecular flexibility index (Phi) is 9.71. The van der Waals surface area contributed by atoms with Crippen molar-refractivity contribution in [1.82, 2.24) is 10.6 Å². The molecule has 0 radical (unpaired) electrons. The van der Waals surface area contributed by atoms with Crippen molar-refractivity contribution < 1.29 is 0 Å². The first-order valence-electron chi connectivity index (χ1n) is 6.99. The SMILES string of the molecule is CCNC(=NCc1ccsc1)NCC1CCSCC1.I. The molecular formula is C14H24IN3S2. The lowest BCUT2D eigenvalue weighted by molar-refractivity contribution is 0.479. The zero-order chi connectivity index (χ0) is 13.3. The van der Waals surface area contributed by atoms with Gasteiger partial charge in [-0.05, 0) is 59.6 Å². The van der Waals surface area contributed by atoms with E-state index in [4.69, 9.17) is 0 Å². The number of nitrogens with zero attached hydrogens (tertiary/aromatic N) is 1. The smallest absolute Gasteiger partial charge is 0.191 e. The summed E-state index contributed by atoms with van der Waals surface area (Å²) in [5.74, 6) is 4.39. The van der Waals surface area contributed by atoms with Gasteiger partial charge in [0, 0.05) is 13.1 Å². The van der Waals surface area contributed by atoms with Crippen molar-refractivity contribution in [2.75, 3.05) is 24.6 Å². The maximum absolute atomic E-state index is 4.64. The fourth-order valence-corrected chi connectivity index (χ4v) is 3.95. The van der Waals surface area contributed by atoms with Gasteiger partial charge in [-0.2, -0.15) is 23.1 Å². The topological polar surface area (TPSA) is 36.4 Å². The van der Waals surface area contributed by atoms with Gasteiger partial charge in [0.2, 0.25) is 0 Å². The van der Waals surface area contributed by atoms with E-state index in [1.807, 2.05) is 0 Å². The molecule has 0 spiro atoms. The van der Waals surface area contributed by atoms with Gasteiger partial charge >= 0.3 is 0 Å². The van der Waals surface area contributed by atoms with E-state index in [9.17, 15) is 0 Å². The minimum Gasteiger partial charge on any atom is -0.357 e. The summed E-state index contributed by atoms with van der Waals surface area (Å²) in [6.45, 7) is 4.84. The van der Waals surface area contributed by atoms with Crippen LogP contribution in [0.1, 0.15) is 25.3 Å². The average molecular weight is 425 g/mol. The van der Waals surface area contributed by atoms with Crippen LogP contribution in [0.25, 0.3) is 0 Å². The number of nitrogens with one attached hydrogen (secondary N) is 2. The molecule has 2 N–H and O–H groups in total. The molecule has 2 rings (SSSR count). The Bertz CT molecular complexity index is 376. The first-order chi connectivity index (χ1) is 9.38. The molecule has 0 unspecified atom stereocenters. The van der Waals surface area contributed by atoms with Crippen LogP contribution in [0.15, 0.2) is 21.8 Å².